The molecular weight excluding hydrogens is 648 g/mol. The summed E-state index contributed by atoms with van der Waals surface area (Å²) in [5, 5.41) is 9.15. The number of rotatable bonds is 11. The Labute approximate surface area is 287 Å². The number of aryl methyl sites for hydroxylation is 1. The second-order valence-electron chi connectivity index (χ2n) is 12.4. The topological polar surface area (TPSA) is 152 Å². The minimum atomic E-state index is -3.33. The molecule has 5 rings (SSSR count). The van der Waals surface area contributed by atoms with Crippen LogP contribution in [0.3, 0.4) is 0 Å². The molecule has 49 heavy (non-hydrogen) atoms. The van der Waals surface area contributed by atoms with Gasteiger partial charge in [-0.1, -0.05) is 26.3 Å². The maximum atomic E-state index is 13.9. The summed E-state index contributed by atoms with van der Waals surface area (Å²) in [5.41, 5.74) is 3.84. The molecule has 1 aliphatic heterocycles. The minimum absolute atomic E-state index is 0.118. The first-order valence-corrected chi connectivity index (χ1v) is 18.0. The maximum absolute atomic E-state index is 13.9. The van der Waals surface area contributed by atoms with Gasteiger partial charge in [-0.05, 0) is 84.3 Å². The quantitative estimate of drug-likeness (QED) is 0.256. The molecule has 1 aliphatic carbocycles. The third kappa shape index (κ3) is 7.31. The second-order valence-corrected chi connectivity index (χ2v) is 14.4. The summed E-state index contributed by atoms with van der Waals surface area (Å²) in [7, 11) is 1.29. The monoisotopic (exact) mass is 692 g/mol. The van der Waals surface area contributed by atoms with Gasteiger partial charge in [0.1, 0.15) is 6.04 Å². The molecular formula is C36H44N4O8S. The summed E-state index contributed by atoms with van der Waals surface area (Å²) in [6.07, 6.45) is 2.31. The largest absolute Gasteiger partial charge is 0.493 e. The average Bonchev–Trinajstić information content (AvgIpc) is 3.27. The van der Waals surface area contributed by atoms with E-state index in [0.717, 1.165) is 11.1 Å². The van der Waals surface area contributed by atoms with Crippen molar-refractivity contribution in [2.45, 2.75) is 58.5 Å². The molecule has 0 aromatic heterocycles. The Kier molecular flexibility index (Phi) is 10.7. The predicted molar refractivity (Wildman–Crippen MR) is 190 cm³/mol. The number of hydrogen-bond donors (Lipinski definition) is 3. The fourth-order valence-corrected chi connectivity index (χ4v) is 8.12. The van der Waals surface area contributed by atoms with Crippen LogP contribution in [0.5, 0.6) is 17.2 Å². The summed E-state index contributed by atoms with van der Waals surface area (Å²) < 4.78 is 43.2. The summed E-state index contributed by atoms with van der Waals surface area (Å²) in [5.74, 6) is 0.730. The fourth-order valence-electron chi connectivity index (χ4n) is 6.56. The Bertz CT molecular complexity index is 1900. The number of nitrogens with one attached hydrogen (secondary N) is 3. The highest BCUT2D eigenvalue weighted by Crippen LogP contribution is 2.50. The number of methoxy groups -OCH3 is 3. The Morgan fingerprint density at radius 3 is 2.31 bits per heavy atom. The van der Waals surface area contributed by atoms with Crippen molar-refractivity contribution in [1.29, 1.82) is 0 Å². The van der Waals surface area contributed by atoms with Crippen molar-refractivity contribution in [2.75, 3.05) is 48.6 Å². The molecule has 0 spiro atoms. The number of fused-ring (bicyclic) bond motifs is 3. The number of carbonyl (C=O) groups is 2. The molecule has 0 bridgehead atoms. The van der Waals surface area contributed by atoms with Crippen LogP contribution in [0.1, 0.15) is 57.2 Å². The lowest BCUT2D eigenvalue weighted by atomic mass is 9.95. The van der Waals surface area contributed by atoms with Gasteiger partial charge in [0, 0.05) is 24.7 Å². The van der Waals surface area contributed by atoms with Crippen molar-refractivity contribution in [3.63, 3.8) is 0 Å². The van der Waals surface area contributed by atoms with Crippen molar-refractivity contribution in [1.82, 2.24) is 5.32 Å². The molecule has 1 saturated heterocycles. The number of amides is 2. The van der Waals surface area contributed by atoms with E-state index < -0.39 is 22.1 Å². The zero-order chi connectivity index (χ0) is 35.5. The van der Waals surface area contributed by atoms with E-state index in [0.29, 0.717) is 72.0 Å². The van der Waals surface area contributed by atoms with E-state index in [4.69, 9.17) is 14.2 Å². The van der Waals surface area contributed by atoms with Crippen LogP contribution < -0.4 is 39.9 Å². The molecule has 0 saturated carbocycles. The standard InChI is InChI=1S/C36H44N4O8S/c1-7-21(2)33(36(43)38-24-10-12-25(13-11-24)40-17-8-18-49(40,44)45)39-29-16-14-26-27(20-30(29)42)28(37-22(3)41)15-9-23-19-31(46-4)34(47-5)35(48-6)32(23)26/h10-14,16,19-21,28,33H,7-9,15,17-18H2,1-6H3,(H,37,41)(H,38,43)(H,39,42). The molecule has 3 aromatic rings. The normalized spacial score (nSPS) is 17.4. The molecule has 1 heterocycles. The third-order valence-electron chi connectivity index (χ3n) is 9.24. The average molecular weight is 693 g/mol. The van der Waals surface area contributed by atoms with Crippen LogP contribution in [0.4, 0.5) is 17.1 Å². The van der Waals surface area contributed by atoms with Gasteiger partial charge in [-0.3, -0.25) is 18.7 Å². The molecule has 262 valence electrons. The lowest BCUT2D eigenvalue weighted by Crippen LogP contribution is -2.40. The first kappa shape index (κ1) is 35.5. The van der Waals surface area contributed by atoms with Crippen LogP contribution in [0.2, 0.25) is 0 Å². The van der Waals surface area contributed by atoms with E-state index in [2.05, 4.69) is 16.0 Å². The van der Waals surface area contributed by atoms with E-state index in [-0.39, 0.29) is 34.6 Å². The highest BCUT2D eigenvalue weighted by atomic mass is 32.2. The van der Waals surface area contributed by atoms with Crippen molar-refractivity contribution < 1.29 is 32.2 Å². The molecule has 2 aliphatic rings. The van der Waals surface area contributed by atoms with Gasteiger partial charge in [-0.25, -0.2) is 8.42 Å². The lowest BCUT2D eigenvalue weighted by Gasteiger charge is -2.24. The van der Waals surface area contributed by atoms with Crippen molar-refractivity contribution in [3.05, 3.63) is 69.9 Å². The van der Waals surface area contributed by atoms with Crippen molar-refractivity contribution in [3.8, 4) is 28.4 Å². The van der Waals surface area contributed by atoms with Crippen molar-refractivity contribution in [2.24, 2.45) is 5.92 Å². The van der Waals surface area contributed by atoms with Gasteiger partial charge in [-0.15, -0.1) is 0 Å². The third-order valence-corrected chi connectivity index (χ3v) is 11.1. The van der Waals surface area contributed by atoms with Gasteiger partial charge in [0.15, 0.2) is 11.5 Å². The summed E-state index contributed by atoms with van der Waals surface area (Å²) in [6, 6.07) is 12.3. The molecule has 3 unspecified atom stereocenters. The fraction of sp³-hybridized carbons (Fsp3) is 0.417. The molecule has 12 nitrogen and oxygen atoms in total. The number of nitrogens with zero attached hydrogens (tertiary/aromatic N) is 1. The SMILES string of the molecule is CCC(C)C(Nc1ccc2c(cc1=O)C(NC(C)=O)CCc1cc(OC)c(OC)c(OC)c1-2)C(=O)Nc1ccc(N2CCCS2(=O)=O)cc1. The number of carbonyl (C=O) groups excluding carboxylic acids is 2. The van der Waals surface area contributed by atoms with E-state index in [1.54, 1.807) is 44.6 Å². The Hall–Kier alpha value is -4.78. The van der Waals surface area contributed by atoms with Crippen molar-refractivity contribution >= 4 is 38.9 Å². The van der Waals surface area contributed by atoms with Crippen LogP contribution in [-0.4, -0.2) is 59.9 Å². The summed E-state index contributed by atoms with van der Waals surface area (Å²) >= 11 is 0. The maximum Gasteiger partial charge on any atom is 0.247 e. The molecule has 2 amide bonds. The molecule has 0 radical (unpaired) electrons. The summed E-state index contributed by atoms with van der Waals surface area (Å²) in [6.45, 7) is 5.76. The zero-order valence-electron chi connectivity index (χ0n) is 28.7. The van der Waals surface area contributed by atoms with Crippen LogP contribution >= 0.6 is 0 Å². The second kappa shape index (κ2) is 14.8. The van der Waals surface area contributed by atoms with E-state index in [9.17, 15) is 22.8 Å². The van der Waals surface area contributed by atoms with E-state index in [1.165, 1.54) is 24.4 Å². The Morgan fingerprint density at radius 2 is 1.71 bits per heavy atom. The first-order chi connectivity index (χ1) is 23.4. The number of ether oxygens (including phenoxy) is 3. The van der Waals surface area contributed by atoms with E-state index >= 15 is 0 Å². The highest BCUT2D eigenvalue weighted by Gasteiger charge is 2.31. The van der Waals surface area contributed by atoms with Gasteiger partial charge in [0.05, 0.1) is 44.5 Å². The first-order valence-electron chi connectivity index (χ1n) is 16.4. The number of sulfonamides is 1. The molecule has 3 N–H and O–H groups in total. The van der Waals surface area contributed by atoms with Gasteiger partial charge in [0.25, 0.3) is 0 Å². The molecule has 1 fully saturated rings. The number of hydrogen-bond acceptors (Lipinski definition) is 9. The lowest BCUT2D eigenvalue weighted by molar-refractivity contribution is -0.120. The van der Waals surface area contributed by atoms with Crippen LogP contribution in [0.25, 0.3) is 11.1 Å². The minimum Gasteiger partial charge on any atom is -0.493 e. The van der Waals surface area contributed by atoms with Gasteiger partial charge in [-0.2, -0.15) is 0 Å². The summed E-state index contributed by atoms with van der Waals surface area (Å²) in [4.78, 5) is 40.0. The number of benzene rings is 2. The zero-order valence-corrected chi connectivity index (χ0v) is 29.5. The van der Waals surface area contributed by atoms with Crippen LogP contribution in [0.15, 0.2) is 53.3 Å². The number of anilines is 3. The van der Waals surface area contributed by atoms with Gasteiger partial charge in [0.2, 0.25) is 33.0 Å². The molecule has 3 aromatic carbocycles. The van der Waals surface area contributed by atoms with Crippen LogP contribution in [0, 0.1) is 5.92 Å². The molecule has 3 atom stereocenters. The van der Waals surface area contributed by atoms with Gasteiger partial charge < -0.3 is 30.2 Å². The highest BCUT2D eigenvalue weighted by molar-refractivity contribution is 7.93. The molecule has 13 heteroatoms. The van der Waals surface area contributed by atoms with E-state index in [1.807, 2.05) is 26.0 Å². The van der Waals surface area contributed by atoms with Crippen LogP contribution in [-0.2, 0) is 26.0 Å². The predicted octanol–water partition coefficient (Wildman–Crippen LogP) is 4.87. The Morgan fingerprint density at radius 1 is 1.00 bits per heavy atom. The van der Waals surface area contributed by atoms with Gasteiger partial charge >= 0.3 is 0 Å². The Balaban J connectivity index is 1.53. The smallest absolute Gasteiger partial charge is 0.247 e.